The molecule has 0 aliphatic rings. The number of hydrogen-bond acceptors (Lipinski definition) is 4. The number of nitrogen functional groups attached to an aromatic ring is 1. The lowest BCUT2D eigenvalue weighted by molar-refractivity contribution is -0.111. The summed E-state index contributed by atoms with van der Waals surface area (Å²) >= 11 is 4.77. The van der Waals surface area contributed by atoms with Gasteiger partial charge < -0.3 is 10.8 Å². The lowest BCUT2D eigenvalue weighted by Gasteiger charge is -2.01. The first-order valence-corrected chi connectivity index (χ1v) is 8.52. The van der Waals surface area contributed by atoms with E-state index in [1.807, 2.05) is 43.3 Å². The van der Waals surface area contributed by atoms with E-state index in [1.54, 1.807) is 6.07 Å². The molecular formula is C17H15BrN3OS+. The van der Waals surface area contributed by atoms with Crippen molar-refractivity contribution in [3.05, 3.63) is 63.2 Å². The summed E-state index contributed by atoms with van der Waals surface area (Å²) in [6.07, 6.45) is 0. The molecule has 0 saturated carbocycles. The lowest BCUT2D eigenvalue weighted by Crippen LogP contribution is -2.41. The van der Waals surface area contributed by atoms with Crippen molar-refractivity contribution >= 4 is 38.7 Å². The minimum Gasteiger partial charge on any atom is -0.507 e. The highest BCUT2D eigenvalue weighted by Crippen LogP contribution is 2.35. The number of nitrogens with zero attached hydrogens (tertiary/aromatic N) is 1. The molecule has 0 amide bonds. The van der Waals surface area contributed by atoms with Crippen molar-refractivity contribution in [2.75, 3.05) is 5.73 Å². The van der Waals surface area contributed by atoms with Crippen LogP contribution in [0, 0.1) is 6.92 Å². The molecular weight excluding hydrogens is 374 g/mol. The van der Waals surface area contributed by atoms with Crippen LogP contribution in [-0.2, 0) is 0 Å². The topological polar surface area (TPSA) is 84.7 Å². The second-order valence-corrected chi connectivity index (χ2v) is 6.95. The van der Waals surface area contributed by atoms with Gasteiger partial charge in [0.1, 0.15) is 5.75 Å². The van der Waals surface area contributed by atoms with E-state index >= 15 is 0 Å². The molecule has 0 unspecified atom stereocenters. The molecule has 3 rings (SSSR count). The molecule has 3 aromatic rings. The summed E-state index contributed by atoms with van der Waals surface area (Å²) in [6, 6.07) is 12.9. The fourth-order valence-corrected chi connectivity index (χ4v) is 3.57. The van der Waals surface area contributed by atoms with Gasteiger partial charge in [-0.25, -0.2) is 4.98 Å². The average Bonchev–Trinajstić information content (AvgIpc) is 2.92. The van der Waals surface area contributed by atoms with Crippen LogP contribution in [-0.4, -0.2) is 15.8 Å². The van der Waals surface area contributed by atoms with Crippen molar-refractivity contribution in [2.24, 2.45) is 0 Å². The molecule has 1 aromatic heterocycles. The zero-order chi connectivity index (χ0) is 16.6. The Labute approximate surface area is 146 Å². The molecule has 0 spiro atoms. The van der Waals surface area contributed by atoms with Crippen LogP contribution in [0.3, 0.4) is 0 Å². The second kappa shape index (κ2) is 6.14. The van der Waals surface area contributed by atoms with Gasteiger partial charge in [-0.1, -0.05) is 18.2 Å². The number of phenolic OH excluding ortho intramolecular Hbond substituents is 1. The maximum atomic E-state index is 9.87. The Hall–Kier alpha value is -2.18. The number of hydrogen-bond donors (Lipinski definition) is 3. The van der Waals surface area contributed by atoms with Gasteiger partial charge in [0, 0.05) is 5.69 Å². The third-order valence-electron chi connectivity index (χ3n) is 3.49. The van der Waals surface area contributed by atoms with Crippen molar-refractivity contribution < 1.29 is 10.5 Å². The number of benzene rings is 2. The van der Waals surface area contributed by atoms with Crippen LogP contribution in [0.2, 0.25) is 0 Å². The molecule has 0 bridgehead atoms. The van der Waals surface area contributed by atoms with Crippen molar-refractivity contribution in [3.63, 3.8) is 0 Å². The Morgan fingerprint density at radius 3 is 2.70 bits per heavy atom. The number of aromatic hydroxyl groups is 1. The predicted octanol–water partition coefficient (Wildman–Crippen LogP) is 2.77. The summed E-state index contributed by atoms with van der Waals surface area (Å²) in [5, 5.41) is 16.9. The molecule has 5 N–H and O–H groups in total. The Morgan fingerprint density at radius 2 is 2.00 bits per heavy atom. The van der Waals surface area contributed by atoms with E-state index in [9.17, 15) is 5.11 Å². The van der Waals surface area contributed by atoms with Crippen LogP contribution in [0.25, 0.3) is 10.4 Å². The Balaban J connectivity index is 2.03. The number of aryl methyl sites for hydroxylation is 1. The Kier molecular flexibility index (Phi) is 4.19. The van der Waals surface area contributed by atoms with Crippen molar-refractivity contribution in [3.8, 4) is 16.2 Å². The molecule has 0 radical (unpaired) electrons. The largest absolute Gasteiger partial charge is 0.507 e. The normalized spacial score (nSPS) is 10.7. The van der Waals surface area contributed by atoms with E-state index < -0.39 is 0 Å². The van der Waals surface area contributed by atoms with E-state index in [0.717, 1.165) is 26.7 Å². The molecule has 116 valence electrons. The smallest absolute Gasteiger partial charge is 0.242 e. The maximum absolute atomic E-state index is 9.87. The third-order valence-corrected chi connectivity index (χ3v) is 5.40. The van der Waals surface area contributed by atoms with E-state index in [2.05, 4.69) is 20.9 Å². The Morgan fingerprint density at radius 1 is 1.26 bits per heavy atom. The predicted molar refractivity (Wildman–Crippen MR) is 97.6 cm³/mol. The second-order valence-electron chi connectivity index (χ2n) is 5.10. The summed E-state index contributed by atoms with van der Waals surface area (Å²) in [5.74, 6) is 0.195. The number of halogens is 1. The Bertz CT molecular complexity index is 905. The molecule has 0 fully saturated rings. The summed E-state index contributed by atoms with van der Waals surface area (Å²) in [7, 11) is 0. The van der Waals surface area contributed by atoms with Gasteiger partial charge >= 0.3 is 0 Å². The standard InChI is InChI=1S/C17H14BrN3OS/c1-9-16(10-6-7-12(18)14(22)8-10)23-17(21-9)15(20)11-4-2-3-5-13(11)19/h2-8,20,22H,19H2,1H3/p+1. The minimum absolute atomic E-state index is 0.195. The van der Waals surface area contributed by atoms with Crippen LogP contribution in [0.4, 0.5) is 5.69 Å². The lowest BCUT2D eigenvalue weighted by atomic mass is 10.1. The number of phenols is 1. The van der Waals surface area contributed by atoms with Crippen LogP contribution in [0.15, 0.2) is 46.9 Å². The molecule has 4 nitrogen and oxygen atoms in total. The summed E-state index contributed by atoms with van der Waals surface area (Å²) in [4.78, 5) is 5.54. The van der Waals surface area contributed by atoms with Gasteiger partial charge in [0.2, 0.25) is 5.71 Å². The van der Waals surface area contributed by atoms with Crippen molar-refractivity contribution in [2.45, 2.75) is 6.92 Å². The number of thiazole rings is 1. The maximum Gasteiger partial charge on any atom is 0.242 e. The molecule has 0 saturated heterocycles. The molecule has 2 aromatic carbocycles. The highest BCUT2D eigenvalue weighted by Gasteiger charge is 2.20. The van der Waals surface area contributed by atoms with E-state index in [0.29, 0.717) is 15.9 Å². The quantitative estimate of drug-likeness (QED) is 0.476. The summed E-state index contributed by atoms with van der Waals surface area (Å²) < 4.78 is 0.659. The summed E-state index contributed by atoms with van der Waals surface area (Å²) in [5.41, 5.74) is 9.73. The van der Waals surface area contributed by atoms with Gasteiger partial charge in [-0.05, 0) is 52.7 Å². The van der Waals surface area contributed by atoms with Crippen molar-refractivity contribution in [1.29, 1.82) is 0 Å². The molecule has 0 aliphatic carbocycles. The third kappa shape index (κ3) is 3.00. The van der Waals surface area contributed by atoms with Gasteiger partial charge in [0.25, 0.3) is 0 Å². The van der Waals surface area contributed by atoms with Gasteiger partial charge in [-0.15, -0.1) is 11.3 Å². The highest BCUT2D eigenvalue weighted by molar-refractivity contribution is 9.10. The van der Waals surface area contributed by atoms with Crippen LogP contribution >= 0.6 is 27.3 Å². The molecule has 23 heavy (non-hydrogen) atoms. The molecule has 1 heterocycles. The molecule has 0 atom stereocenters. The monoisotopic (exact) mass is 388 g/mol. The first-order valence-electron chi connectivity index (χ1n) is 6.91. The SMILES string of the molecule is Cc1nc(C(=[NH2+])c2ccccc2N)sc1-c1ccc(Br)c(O)c1. The van der Waals surface area contributed by atoms with Crippen molar-refractivity contribution in [1.82, 2.24) is 4.98 Å². The zero-order valence-corrected chi connectivity index (χ0v) is 14.8. The first kappa shape index (κ1) is 15.7. The van der Waals surface area contributed by atoms with Gasteiger partial charge in [0.05, 0.1) is 20.6 Å². The molecule has 6 heteroatoms. The first-order chi connectivity index (χ1) is 11.0. The number of anilines is 1. The number of para-hydroxylation sites is 1. The van der Waals surface area contributed by atoms with Gasteiger partial charge in [0.15, 0.2) is 5.01 Å². The van der Waals surface area contributed by atoms with Gasteiger partial charge in [-0.3, -0.25) is 5.41 Å². The van der Waals surface area contributed by atoms with Crippen LogP contribution < -0.4 is 11.1 Å². The average molecular weight is 389 g/mol. The van der Waals surface area contributed by atoms with E-state index in [-0.39, 0.29) is 5.75 Å². The zero-order valence-electron chi connectivity index (χ0n) is 12.4. The number of nitrogens with two attached hydrogens (primary N) is 2. The van der Waals surface area contributed by atoms with Crippen LogP contribution in [0.5, 0.6) is 5.75 Å². The molecule has 0 aliphatic heterocycles. The van der Waals surface area contributed by atoms with Crippen LogP contribution in [0.1, 0.15) is 16.3 Å². The highest BCUT2D eigenvalue weighted by atomic mass is 79.9. The fraction of sp³-hybridized carbons (Fsp3) is 0.0588. The van der Waals surface area contributed by atoms with E-state index in [4.69, 9.17) is 11.1 Å². The summed E-state index contributed by atoms with van der Waals surface area (Å²) in [6.45, 7) is 1.93. The fourth-order valence-electron chi connectivity index (χ4n) is 2.29. The number of rotatable bonds is 3. The van der Waals surface area contributed by atoms with Gasteiger partial charge in [-0.2, -0.15) is 0 Å². The number of aromatic nitrogens is 1. The minimum atomic E-state index is 0.195. The van der Waals surface area contributed by atoms with E-state index in [1.165, 1.54) is 11.3 Å².